The van der Waals surface area contributed by atoms with Crippen LogP contribution in [0.4, 0.5) is 0 Å². The summed E-state index contributed by atoms with van der Waals surface area (Å²) in [5.74, 6) is 0.00203. The van der Waals surface area contributed by atoms with Crippen LogP contribution in [-0.2, 0) is 5.41 Å². The van der Waals surface area contributed by atoms with Crippen molar-refractivity contribution in [3.63, 3.8) is 0 Å². The van der Waals surface area contributed by atoms with Crippen LogP contribution < -0.4 is 0 Å². The molecular weight excluding hydrogens is 208 g/mol. The number of ketones is 1. The molecule has 2 heteroatoms. The van der Waals surface area contributed by atoms with E-state index < -0.39 is 5.38 Å². The highest BCUT2D eigenvalue weighted by atomic mass is 35.5. The summed E-state index contributed by atoms with van der Waals surface area (Å²) in [6.07, 6.45) is 0. The van der Waals surface area contributed by atoms with Crippen LogP contribution in [0.25, 0.3) is 0 Å². The third-order valence-electron chi connectivity index (χ3n) is 2.36. The number of hydrogen-bond acceptors (Lipinski definition) is 1. The van der Waals surface area contributed by atoms with Crippen molar-refractivity contribution in [1.82, 2.24) is 0 Å². The first-order chi connectivity index (χ1) is 6.84. The maximum atomic E-state index is 11.9. The van der Waals surface area contributed by atoms with Crippen molar-refractivity contribution < 1.29 is 4.79 Å². The molecule has 1 unspecified atom stereocenters. The lowest BCUT2D eigenvalue weighted by atomic mass is 9.82. The first-order valence-electron chi connectivity index (χ1n) is 5.12. The number of carbonyl (C=O) groups is 1. The maximum Gasteiger partial charge on any atom is 0.180 e. The summed E-state index contributed by atoms with van der Waals surface area (Å²) in [4.78, 5) is 11.9. The molecule has 0 bridgehead atoms. The van der Waals surface area contributed by atoms with E-state index >= 15 is 0 Å². The summed E-state index contributed by atoms with van der Waals surface area (Å²) in [6.45, 7) is 8.00. The number of hydrogen-bond donors (Lipinski definition) is 0. The van der Waals surface area contributed by atoms with Crippen molar-refractivity contribution in [1.29, 1.82) is 0 Å². The van der Waals surface area contributed by atoms with Crippen molar-refractivity contribution in [2.45, 2.75) is 38.5 Å². The lowest BCUT2D eigenvalue weighted by molar-refractivity contribution is 0.0989. The van der Waals surface area contributed by atoms with Crippen LogP contribution in [0.15, 0.2) is 24.3 Å². The second-order valence-corrected chi connectivity index (χ2v) is 5.43. The fourth-order valence-corrected chi connectivity index (χ4v) is 1.68. The molecular formula is C13H17ClO. The summed E-state index contributed by atoms with van der Waals surface area (Å²) in [6, 6.07) is 7.67. The number of rotatable bonds is 2. The largest absolute Gasteiger partial charge is 0.293 e. The zero-order valence-corrected chi connectivity index (χ0v) is 10.4. The van der Waals surface area contributed by atoms with Gasteiger partial charge in [-0.3, -0.25) is 4.79 Å². The highest BCUT2D eigenvalue weighted by molar-refractivity contribution is 6.33. The SMILES string of the molecule is CC(Cl)C(=O)c1ccccc1C(C)(C)C. The van der Waals surface area contributed by atoms with E-state index in [2.05, 4.69) is 20.8 Å². The lowest BCUT2D eigenvalue weighted by Crippen LogP contribution is -2.20. The van der Waals surface area contributed by atoms with Crippen LogP contribution in [0.5, 0.6) is 0 Å². The molecule has 1 aromatic carbocycles. The van der Waals surface area contributed by atoms with Gasteiger partial charge in [-0.2, -0.15) is 0 Å². The zero-order valence-electron chi connectivity index (χ0n) is 9.67. The molecule has 0 aliphatic rings. The van der Waals surface area contributed by atoms with Gasteiger partial charge in [0.05, 0.1) is 5.38 Å². The van der Waals surface area contributed by atoms with Crippen LogP contribution in [0.3, 0.4) is 0 Å². The number of alkyl halides is 1. The van der Waals surface area contributed by atoms with Gasteiger partial charge in [-0.25, -0.2) is 0 Å². The first-order valence-corrected chi connectivity index (χ1v) is 5.55. The van der Waals surface area contributed by atoms with Gasteiger partial charge in [0.15, 0.2) is 5.78 Å². The fraction of sp³-hybridized carbons (Fsp3) is 0.462. The predicted molar refractivity (Wildman–Crippen MR) is 64.8 cm³/mol. The summed E-state index contributed by atoms with van der Waals surface area (Å²) < 4.78 is 0. The normalized spacial score (nSPS) is 13.7. The van der Waals surface area contributed by atoms with Gasteiger partial charge in [-0.05, 0) is 17.9 Å². The third kappa shape index (κ3) is 2.82. The lowest BCUT2D eigenvalue weighted by Gasteiger charge is -2.22. The van der Waals surface area contributed by atoms with Crippen molar-refractivity contribution >= 4 is 17.4 Å². The molecule has 82 valence electrons. The van der Waals surface area contributed by atoms with Gasteiger partial charge in [0.25, 0.3) is 0 Å². The standard InChI is InChI=1S/C13H17ClO/c1-9(14)12(15)10-7-5-6-8-11(10)13(2,3)4/h5-9H,1-4H3. The molecule has 0 amide bonds. The minimum atomic E-state index is -0.464. The van der Waals surface area contributed by atoms with E-state index in [-0.39, 0.29) is 11.2 Å². The second kappa shape index (κ2) is 4.36. The van der Waals surface area contributed by atoms with E-state index in [9.17, 15) is 4.79 Å². The molecule has 0 aliphatic carbocycles. The van der Waals surface area contributed by atoms with Gasteiger partial charge in [-0.15, -0.1) is 11.6 Å². The molecule has 0 N–H and O–H groups in total. The molecule has 0 spiro atoms. The summed E-state index contributed by atoms with van der Waals surface area (Å²) >= 11 is 5.84. The van der Waals surface area contributed by atoms with E-state index in [1.807, 2.05) is 24.3 Å². The molecule has 0 aliphatic heterocycles. The molecule has 1 nitrogen and oxygen atoms in total. The van der Waals surface area contributed by atoms with Gasteiger partial charge >= 0.3 is 0 Å². The Morgan fingerprint density at radius 1 is 1.27 bits per heavy atom. The molecule has 0 saturated heterocycles. The first kappa shape index (κ1) is 12.3. The monoisotopic (exact) mass is 224 g/mol. The van der Waals surface area contributed by atoms with E-state index in [4.69, 9.17) is 11.6 Å². The van der Waals surface area contributed by atoms with E-state index in [0.29, 0.717) is 0 Å². The molecule has 0 heterocycles. The van der Waals surface area contributed by atoms with Crippen LogP contribution >= 0.6 is 11.6 Å². The van der Waals surface area contributed by atoms with E-state index in [1.165, 1.54) is 0 Å². The van der Waals surface area contributed by atoms with Gasteiger partial charge in [0, 0.05) is 5.56 Å². The Kier molecular flexibility index (Phi) is 3.56. The topological polar surface area (TPSA) is 17.1 Å². The maximum absolute atomic E-state index is 11.9. The van der Waals surface area contributed by atoms with E-state index in [0.717, 1.165) is 11.1 Å². The number of benzene rings is 1. The van der Waals surface area contributed by atoms with Gasteiger partial charge in [0.1, 0.15) is 0 Å². The van der Waals surface area contributed by atoms with Crippen LogP contribution in [0.2, 0.25) is 0 Å². The second-order valence-electron chi connectivity index (χ2n) is 4.78. The molecule has 15 heavy (non-hydrogen) atoms. The Labute approximate surface area is 96.5 Å². The average Bonchev–Trinajstić information content (AvgIpc) is 2.15. The van der Waals surface area contributed by atoms with Crippen LogP contribution in [0.1, 0.15) is 43.6 Å². The molecule has 0 aromatic heterocycles. The van der Waals surface area contributed by atoms with Gasteiger partial charge in [-0.1, -0.05) is 45.0 Å². The number of carbonyl (C=O) groups excluding carboxylic acids is 1. The molecule has 1 rings (SSSR count). The summed E-state index contributed by atoms with van der Waals surface area (Å²) in [5.41, 5.74) is 1.77. The summed E-state index contributed by atoms with van der Waals surface area (Å²) in [7, 11) is 0. The quantitative estimate of drug-likeness (QED) is 0.552. The Balaban J connectivity index is 3.25. The molecule has 0 saturated carbocycles. The minimum Gasteiger partial charge on any atom is -0.293 e. The number of Topliss-reactive ketones (excluding diaryl/α,β-unsaturated/α-hetero) is 1. The Morgan fingerprint density at radius 3 is 2.27 bits per heavy atom. The van der Waals surface area contributed by atoms with Crippen molar-refractivity contribution in [2.75, 3.05) is 0 Å². The zero-order chi connectivity index (χ0) is 11.6. The number of halogens is 1. The third-order valence-corrected chi connectivity index (χ3v) is 2.56. The Morgan fingerprint density at radius 2 is 1.80 bits per heavy atom. The van der Waals surface area contributed by atoms with Crippen LogP contribution in [0, 0.1) is 0 Å². The van der Waals surface area contributed by atoms with Gasteiger partial charge in [0.2, 0.25) is 0 Å². The van der Waals surface area contributed by atoms with Crippen molar-refractivity contribution in [2.24, 2.45) is 0 Å². The molecule has 1 aromatic rings. The minimum absolute atomic E-state index is 0.00203. The predicted octanol–water partition coefficient (Wildman–Crippen LogP) is 3.79. The highest BCUT2D eigenvalue weighted by Gasteiger charge is 2.22. The van der Waals surface area contributed by atoms with E-state index in [1.54, 1.807) is 6.92 Å². The summed E-state index contributed by atoms with van der Waals surface area (Å²) in [5, 5.41) is -0.464. The fourth-order valence-electron chi connectivity index (χ4n) is 1.57. The smallest absolute Gasteiger partial charge is 0.180 e. The molecule has 0 fully saturated rings. The molecule has 0 radical (unpaired) electrons. The van der Waals surface area contributed by atoms with Crippen LogP contribution in [-0.4, -0.2) is 11.2 Å². The Bertz CT molecular complexity index is 361. The van der Waals surface area contributed by atoms with Gasteiger partial charge < -0.3 is 0 Å². The Hall–Kier alpha value is -0.820. The molecule has 1 atom stereocenters. The van der Waals surface area contributed by atoms with Crippen molar-refractivity contribution in [3.8, 4) is 0 Å². The highest BCUT2D eigenvalue weighted by Crippen LogP contribution is 2.27. The average molecular weight is 225 g/mol. The van der Waals surface area contributed by atoms with Crippen molar-refractivity contribution in [3.05, 3.63) is 35.4 Å².